The van der Waals surface area contributed by atoms with Gasteiger partial charge in [-0.25, -0.2) is 0 Å². The van der Waals surface area contributed by atoms with Crippen molar-refractivity contribution in [2.24, 2.45) is 0 Å². The van der Waals surface area contributed by atoms with Crippen molar-refractivity contribution in [1.29, 1.82) is 0 Å². The van der Waals surface area contributed by atoms with Gasteiger partial charge in [-0.1, -0.05) is 30.3 Å². The second-order valence-corrected chi connectivity index (χ2v) is 4.10. The zero-order chi connectivity index (χ0) is 12.8. The van der Waals surface area contributed by atoms with Crippen LogP contribution in [0.4, 0.5) is 0 Å². The summed E-state index contributed by atoms with van der Waals surface area (Å²) in [5.41, 5.74) is 1.00. The normalized spacial score (nSPS) is 14.0. The average Bonchev–Trinajstić information content (AvgIpc) is 2.28. The van der Waals surface area contributed by atoms with Gasteiger partial charge in [0, 0.05) is 12.5 Å². The van der Waals surface area contributed by atoms with Crippen molar-refractivity contribution in [1.82, 2.24) is 5.32 Å². The van der Waals surface area contributed by atoms with Gasteiger partial charge in [0.1, 0.15) is 11.8 Å². The lowest BCUT2D eigenvalue weighted by atomic mass is 10.1. The van der Waals surface area contributed by atoms with Crippen molar-refractivity contribution in [3.8, 4) is 0 Å². The molecular weight excluding hydrogens is 218 g/mol. The first kappa shape index (κ1) is 13.4. The van der Waals surface area contributed by atoms with E-state index in [9.17, 15) is 9.59 Å². The van der Waals surface area contributed by atoms with Crippen LogP contribution >= 0.6 is 0 Å². The van der Waals surface area contributed by atoms with Crippen molar-refractivity contribution < 1.29 is 14.7 Å². The first-order valence-electron chi connectivity index (χ1n) is 5.54. The van der Waals surface area contributed by atoms with E-state index in [2.05, 4.69) is 5.32 Å². The van der Waals surface area contributed by atoms with Gasteiger partial charge in [-0.15, -0.1) is 0 Å². The first-order chi connectivity index (χ1) is 8.00. The Balaban J connectivity index is 2.67. The van der Waals surface area contributed by atoms with Gasteiger partial charge in [0.05, 0.1) is 0 Å². The predicted molar refractivity (Wildman–Crippen MR) is 64.7 cm³/mol. The largest absolute Gasteiger partial charge is 0.480 e. The summed E-state index contributed by atoms with van der Waals surface area (Å²) in [6, 6.07) is 8.61. The molecule has 0 saturated carbocycles. The highest BCUT2D eigenvalue weighted by molar-refractivity contribution is 5.84. The molecule has 0 fully saturated rings. The second kappa shape index (κ2) is 6.15. The summed E-state index contributed by atoms with van der Waals surface area (Å²) in [6.45, 7) is 3.27. The number of hydrogen-bond acceptors (Lipinski definition) is 3. The lowest BCUT2D eigenvalue weighted by Gasteiger charge is -2.19. The summed E-state index contributed by atoms with van der Waals surface area (Å²) in [6.07, 6.45) is 0.00646. The van der Waals surface area contributed by atoms with E-state index in [0.717, 1.165) is 5.56 Å². The Morgan fingerprint density at radius 3 is 2.35 bits per heavy atom. The molecule has 17 heavy (non-hydrogen) atoms. The molecule has 1 rings (SSSR count). The van der Waals surface area contributed by atoms with Gasteiger partial charge in [0.15, 0.2) is 0 Å². The Labute approximate surface area is 101 Å². The van der Waals surface area contributed by atoms with Crippen LogP contribution in [0.1, 0.15) is 31.9 Å². The Bertz CT molecular complexity index is 389. The fourth-order valence-corrected chi connectivity index (χ4v) is 1.64. The van der Waals surface area contributed by atoms with E-state index in [4.69, 9.17) is 5.11 Å². The van der Waals surface area contributed by atoms with Crippen LogP contribution in [0.15, 0.2) is 30.3 Å². The third-order valence-electron chi connectivity index (χ3n) is 2.54. The molecule has 0 aromatic heterocycles. The number of aliphatic carboxylic acids is 1. The zero-order valence-corrected chi connectivity index (χ0v) is 10.0. The fraction of sp³-hybridized carbons (Fsp3) is 0.385. The molecule has 2 atom stereocenters. The molecule has 0 aliphatic rings. The van der Waals surface area contributed by atoms with Crippen LogP contribution in [0.3, 0.4) is 0 Å². The fourth-order valence-electron chi connectivity index (χ4n) is 1.64. The molecule has 4 heteroatoms. The molecule has 1 aromatic carbocycles. The molecule has 0 bridgehead atoms. The predicted octanol–water partition coefficient (Wildman–Crippen LogP) is 1.77. The highest BCUT2D eigenvalue weighted by Crippen LogP contribution is 2.13. The number of Topliss-reactive ketones (excluding diaryl/α,β-unsaturated/α-hetero) is 1. The minimum absolute atomic E-state index is 0.00646. The Morgan fingerprint density at radius 2 is 1.88 bits per heavy atom. The van der Waals surface area contributed by atoms with Crippen LogP contribution in [0.25, 0.3) is 0 Å². The monoisotopic (exact) mass is 235 g/mol. The summed E-state index contributed by atoms with van der Waals surface area (Å²) in [7, 11) is 0. The summed E-state index contributed by atoms with van der Waals surface area (Å²) in [5.74, 6) is -1.13. The third-order valence-corrected chi connectivity index (χ3v) is 2.54. The molecule has 0 saturated heterocycles. The van der Waals surface area contributed by atoms with Crippen LogP contribution in [0, 0.1) is 0 Å². The van der Waals surface area contributed by atoms with Crippen LogP contribution in [-0.4, -0.2) is 22.9 Å². The maximum absolute atomic E-state index is 11.0. The van der Waals surface area contributed by atoms with E-state index in [0.29, 0.717) is 0 Å². The molecule has 0 aliphatic heterocycles. The molecule has 0 spiro atoms. The number of carboxylic acids is 1. The average molecular weight is 235 g/mol. The number of nitrogens with one attached hydrogen (secondary N) is 1. The molecule has 0 amide bonds. The minimum atomic E-state index is -0.997. The number of hydrogen-bond donors (Lipinski definition) is 2. The van der Waals surface area contributed by atoms with Crippen LogP contribution in [-0.2, 0) is 9.59 Å². The molecule has 0 aliphatic carbocycles. The molecule has 2 N–H and O–H groups in total. The SMILES string of the molecule is CC(=O)C[C@H](N[C@@H](C)c1ccccc1)C(=O)O. The highest BCUT2D eigenvalue weighted by atomic mass is 16.4. The van der Waals surface area contributed by atoms with Gasteiger partial charge >= 0.3 is 5.97 Å². The van der Waals surface area contributed by atoms with Crippen molar-refractivity contribution in [3.05, 3.63) is 35.9 Å². The summed E-state index contributed by atoms with van der Waals surface area (Å²) in [5, 5.41) is 11.9. The van der Waals surface area contributed by atoms with Crippen molar-refractivity contribution in [3.63, 3.8) is 0 Å². The number of carbonyl (C=O) groups is 2. The van der Waals surface area contributed by atoms with E-state index in [1.165, 1.54) is 6.92 Å². The number of ketones is 1. The topological polar surface area (TPSA) is 66.4 Å². The number of rotatable bonds is 6. The van der Waals surface area contributed by atoms with Crippen LogP contribution in [0.2, 0.25) is 0 Å². The van der Waals surface area contributed by atoms with Gasteiger partial charge in [-0.3, -0.25) is 14.9 Å². The van der Waals surface area contributed by atoms with E-state index in [1.54, 1.807) is 0 Å². The molecule has 0 radical (unpaired) electrons. The van der Waals surface area contributed by atoms with Crippen LogP contribution < -0.4 is 5.32 Å². The van der Waals surface area contributed by atoms with Gasteiger partial charge in [0.25, 0.3) is 0 Å². The molecular formula is C13H17NO3. The lowest BCUT2D eigenvalue weighted by Crippen LogP contribution is -2.39. The van der Waals surface area contributed by atoms with E-state index >= 15 is 0 Å². The highest BCUT2D eigenvalue weighted by Gasteiger charge is 2.21. The Kier molecular flexibility index (Phi) is 4.84. The third kappa shape index (κ3) is 4.36. The van der Waals surface area contributed by atoms with Crippen molar-refractivity contribution in [2.75, 3.05) is 0 Å². The Hall–Kier alpha value is -1.68. The standard InChI is InChI=1S/C13H17NO3/c1-9(15)8-12(13(16)17)14-10(2)11-6-4-3-5-7-11/h3-7,10,12,14H,8H2,1-2H3,(H,16,17)/t10-,12-/m0/s1. The van der Waals surface area contributed by atoms with Crippen LogP contribution in [0.5, 0.6) is 0 Å². The molecule has 0 heterocycles. The lowest BCUT2D eigenvalue weighted by molar-refractivity contribution is -0.141. The number of benzene rings is 1. The maximum atomic E-state index is 11.0. The smallest absolute Gasteiger partial charge is 0.321 e. The number of carbonyl (C=O) groups excluding carboxylic acids is 1. The van der Waals surface area contributed by atoms with Crippen molar-refractivity contribution in [2.45, 2.75) is 32.4 Å². The maximum Gasteiger partial charge on any atom is 0.321 e. The van der Waals surface area contributed by atoms with Gasteiger partial charge in [-0.05, 0) is 19.4 Å². The quantitative estimate of drug-likeness (QED) is 0.788. The van der Waals surface area contributed by atoms with E-state index in [-0.39, 0.29) is 18.2 Å². The molecule has 4 nitrogen and oxygen atoms in total. The summed E-state index contributed by atoms with van der Waals surface area (Å²) in [4.78, 5) is 22.0. The number of carboxylic acid groups (broad SMARTS) is 1. The Morgan fingerprint density at radius 1 is 1.29 bits per heavy atom. The second-order valence-electron chi connectivity index (χ2n) is 4.10. The zero-order valence-electron chi connectivity index (χ0n) is 10.0. The van der Waals surface area contributed by atoms with Crippen molar-refractivity contribution >= 4 is 11.8 Å². The summed E-state index contributed by atoms with van der Waals surface area (Å²) < 4.78 is 0. The molecule has 92 valence electrons. The molecule has 1 aromatic rings. The van der Waals surface area contributed by atoms with E-state index < -0.39 is 12.0 Å². The minimum Gasteiger partial charge on any atom is -0.480 e. The van der Waals surface area contributed by atoms with Gasteiger partial charge in [-0.2, -0.15) is 0 Å². The van der Waals surface area contributed by atoms with E-state index in [1.807, 2.05) is 37.3 Å². The van der Waals surface area contributed by atoms with Gasteiger partial charge < -0.3 is 5.11 Å². The molecule has 0 unspecified atom stereocenters. The summed E-state index contributed by atoms with van der Waals surface area (Å²) >= 11 is 0. The van der Waals surface area contributed by atoms with Gasteiger partial charge in [0.2, 0.25) is 0 Å². The first-order valence-corrected chi connectivity index (χ1v) is 5.54.